The standard InChI is InChI=1S/C25H23N3O4S/c1-30-21-13-18(14-22(31-2)23(21)32-3)24(29)28(15-19-11-7-8-12-26-19)25-27-20(16-33-25)17-9-5-4-6-10-17/h4-14,16H,15H2,1-3H3. The maximum Gasteiger partial charge on any atom is 0.260 e. The van der Waals surface area contributed by atoms with E-state index >= 15 is 0 Å². The first-order valence-corrected chi connectivity index (χ1v) is 11.0. The maximum atomic E-state index is 13.7. The average molecular weight is 462 g/mol. The van der Waals surface area contributed by atoms with Crippen LogP contribution in [0.1, 0.15) is 16.1 Å². The fourth-order valence-electron chi connectivity index (χ4n) is 3.37. The van der Waals surface area contributed by atoms with Crippen molar-refractivity contribution in [2.24, 2.45) is 0 Å². The molecule has 0 aliphatic heterocycles. The number of rotatable bonds is 8. The van der Waals surface area contributed by atoms with Crippen LogP contribution >= 0.6 is 11.3 Å². The van der Waals surface area contributed by atoms with Crippen LogP contribution in [0.3, 0.4) is 0 Å². The molecule has 8 heteroatoms. The van der Waals surface area contributed by atoms with Crippen LogP contribution in [-0.2, 0) is 6.54 Å². The van der Waals surface area contributed by atoms with E-state index in [0.29, 0.717) is 27.9 Å². The molecule has 0 spiro atoms. The highest BCUT2D eigenvalue weighted by atomic mass is 32.1. The molecule has 0 aliphatic rings. The van der Waals surface area contributed by atoms with Crippen molar-refractivity contribution in [1.82, 2.24) is 9.97 Å². The van der Waals surface area contributed by atoms with E-state index in [1.807, 2.05) is 53.9 Å². The van der Waals surface area contributed by atoms with Gasteiger partial charge in [0.15, 0.2) is 16.6 Å². The molecule has 2 heterocycles. The molecule has 4 rings (SSSR count). The van der Waals surface area contributed by atoms with Crippen molar-refractivity contribution in [1.29, 1.82) is 0 Å². The zero-order valence-electron chi connectivity index (χ0n) is 18.5. The van der Waals surface area contributed by atoms with Crippen molar-refractivity contribution in [3.63, 3.8) is 0 Å². The second-order valence-corrected chi connectivity index (χ2v) is 7.84. The zero-order valence-corrected chi connectivity index (χ0v) is 19.3. The highest BCUT2D eigenvalue weighted by Crippen LogP contribution is 2.39. The van der Waals surface area contributed by atoms with E-state index < -0.39 is 0 Å². The minimum absolute atomic E-state index is 0.256. The highest BCUT2D eigenvalue weighted by molar-refractivity contribution is 7.14. The van der Waals surface area contributed by atoms with Crippen molar-refractivity contribution >= 4 is 22.4 Å². The van der Waals surface area contributed by atoms with Crippen molar-refractivity contribution < 1.29 is 19.0 Å². The van der Waals surface area contributed by atoms with E-state index in [-0.39, 0.29) is 12.5 Å². The van der Waals surface area contributed by atoms with Crippen LogP contribution < -0.4 is 19.1 Å². The average Bonchev–Trinajstić information content (AvgIpc) is 3.37. The van der Waals surface area contributed by atoms with Crippen LogP contribution in [-0.4, -0.2) is 37.2 Å². The summed E-state index contributed by atoms with van der Waals surface area (Å²) < 4.78 is 16.3. The Hall–Kier alpha value is -3.91. The second kappa shape index (κ2) is 10.1. The van der Waals surface area contributed by atoms with Crippen molar-refractivity contribution in [2.75, 3.05) is 26.2 Å². The van der Waals surface area contributed by atoms with Gasteiger partial charge >= 0.3 is 0 Å². The Bertz CT molecular complexity index is 1200. The first kappa shape index (κ1) is 22.3. The Morgan fingerprint density at radius 1 is 0.939 bits per heavy atom. The summed E-state index contributed by atoms with van der Waals surface area (Å²) in [5, 5.41) is 2.51. The molecular weight excluding hydrogens is 438 g/mol. The van der Waals surface area contributed by atoms with Crippen LogP contribution in [0, 0.1) is 0 Å². The van der Waals surface area contributed by atoms with Gasteiger partial charge in [0, 0.05) is 22.7 Å². The molecule has 2 aromatic carbocycles. The molecular formula is C25H23N3O4S. The van der Waals surface area contributed by atoms with Gasteiger partial charge in [-0.2, -0.15) is 0 Å². The summed E-state index contributed by atoms with van der Waals surface area (Å²) in [6.07, 6.45) is 1.70. The SMILES string of the molecule is COc1cc(C(=O)N(Cc2ccccn2)c2nc(-c3ccccc3)cs2)cc(OC)c1OC. The smallest absolute Gasteiger partial charge is 0.260 e. The largest absolute Gasteiger partial charge is 0.493 e. The minimum Gasteiger partial charge on any atom is -0.493 e. The summed E-state index contributed by atoms with van der Waals surface area (Å²) >= 11 is 1.40. The van der Waals surface area contributed by atoms with Crippen molar-refractivity contribution in [2.45, 2.75) is 6.54 Å². The number of hydrogen-bond acceptors (Lipinski definition) is 7. The van der Waals surface area contributed by atoms with Gasteiger partial charge in [0.2, 0.25) is 5.75 Å². The molecule has 0 radical (unpaired) electrons. The molecule has 0 saturated heterocycles. The van der Waals surface area contributed by atoms with Crippen LogP contribution in [0.15, 0.2) is 72.2 Å². The highest BCUT2D eigenvalue weighted by Gasteiger charge is 2.25. The number of benzene rings is 2. The predicted molar refractivity (Wildman–Crippen MR) is 128 cm³/mol. The molecule has 4 aromatic rings. The van der Waals surface area contributed by atoms with Crippen LogP contribution in [0.5, 0.6) is 17.2 Å². The molecule has 0 saturated carbocycles. The van der Waals surface area contributed by atoms with Gasteiger partial charge in [-0.1, -0.05) is 36.4 Å². The molecule has 0 aliphatic carbocycles. The number of methoxy groups -OCH3 is 3. The number of pyridine rings is 1. The lowest BCUT2D eigenvalue weighted by atomic mass is 10.1. The summed E-state index contributed by atoms with van der Waals surface area (Å²) in [6.45, 7) is 0.262. The Kier molecular flexibility index (Phi) is 6.85. The number of amides is 1. The number of ether oxygens (including phenoxy) is 3. The Morgan fingerprint density at radius 2 is 1.64 bits per heavy atom. The van der Waals surface area contributed by atoms with Gasteiger partial charge in [-0.3, -0.25) is 14.7 Å². The Balaban J connectivity index is 1.76. The molecule has 2 aromatic heterocycles. The van der Waals surface area contributed by atoms with Gasteiger partial charge in [0.05, 0.1) is 39.3 Å². The number of aromatic nitrogens is 2. The number of hydrogen-bond donors (Lipinski definition) is 0. The van der Waals surface area contributed by atoms with Crippen LogP contribution in [0.25, 0.3) is 11.3 Å². The van der Waals surface area contributed by atoms with E-state index in [9.17, 15) is 4.79 Å². The van der Waals surface area contributed by atoms with E-state index in [0.717, 1.165) is 17.0 Å². The third-order valence-electron chi connectivity index (χ3n) is 5.00. The van der Waals surface area contributed by atoms with Gasteiger partial charge in [-0.25, -0.2) is 4.98 Å². The monoisotopic (exact) mass is 461 g/mol. The predicted octanol–water partition coefficient (Wildman–Crippen LogP) is 5.08. The number of nitrogens with zero attached hydrogens (tertiary/aromatic N) is 3. The zero-order chi connectivity index (χ0) is 23.2. The van der Waals surface area contributed by atoms with Crippen LogP contribution in [0.4, 0.5) is 5.13 Å². The summed E-state index contributed by atoms with van der Waals surface area (Å²) in [6, 6.07) is 18.7. The summed E-state index contributed by atoms with van der Waals surface area (Å²) in [4.78, 5) is 24.5. The van der Waals surface area contributed by atoms with Crippen LogP contribution in [0.2, 0.25) is 0 Å². The second-order valence-electron chi connectivity index (χ2n) is 7.01. The number of thiazole rings is 1. The quantitative estimate of drug-likeness (QED) is 0.364. The lowest BCUT2D eigenvalue weighted by Gasteiger charge is -2.21. The summed E-state index contributed by atoms with van der Waals surface area (Å²) in [5.74, 6) is 0.978. The first-order chi connectivity index (χ1) is 16.1. The molecule has 168 valence electrons. The summed E-state index contributed by atoms with van der Waals surface area (Å²) in [7, 11) is 4.56. The van der Waals surface area contributed by atoms with E-state index in [1.165, 1.54) is 32.7 Å². The van der Waals surface area contributed by atoms with E-state index in [1.54, 1.807) is 23.2 Å². The molecule has 1 amide bonds. The minimum atomic E-state index is -0.256. The van der Waals surface area contributed by atoms with Crippen molar-refractivity contribution in [3.05, 3.63) is 83.5 Å². The summed E-state index contributed by atoms with van der Waals surface area (Å²) in [5.41, 5.74) is 2.92. The van der Waals surface area contributed by atoms with E-state index in [4.69, 9.17) is 19.2 Å². The van der Waals surface area contributed by atoms with Gasteiger partial charge in [-0.05, 0) is 24.3 Å². The number of carbonyl (C=O) groups is 1. The van der Waals surface area contributed by atoms with Gasteiger partial charge in [0.25, 0.3) is 5.91 Å². The molecule has 0 atom stereocenters. The third kappa shape index (κ3) is 4.80. The fraction of sp³-hybridized carbons (Fsp3) is 0.160. The number of anilines is 1. The van der Waals surface area contributed by atoms with Gasteiger partial charge in [0.1, 0.15) is 0 Å². The Morgan fingerprint density at radius 3 is 2.24 bits per heavy atom. The number of carbonyl (C=O) groups excluding carboxylic acids is 1. The molecule has 0 fully saturated rings. The van der Waals surface area contributed by atoms with E-state index in [2.05, 4.69) is 4.98 Å². The Labute approximate surface area is 196 Å². The van der Waals surface area contributed by atoms with Gasteiger partial charge in [-0.15, -0.1) is 11.3 Å². The molecule has 7 nitrogen and oxygen atoms in total. The lowest BCUT2D eigenvalue weighted by molar-refractivity contribution is 0.0984. The lowest BCUT2D eigenvalue weighted by Crippen LogP contribution is -2.30. The van der Waals surface area contributed by atoms with Gasteiger partial charge < -0.3 is 14.2 Å². The molecule has 0 N–H and O–H groups in total. The normalized spacial score (nSPS) is 10.5. The molecule has 0 bridgehead atoms. The maximum absolute atomic E-state index is 13.7. The topological polar surface area (TPSA) is 73.8 Å². The molecule has 33 heavy (non-hydrogen) atoms. The third-order valence-corrected chi connectivity index (χ3v) is 5.86. The van der Waals surface area contributed by atoms with Crippen molar-refractivity contribution in [3.8, 4) is 28.5 Å². The molecule has 0 unspecified atom stereocenters. The first-order valence-electron chi connectivity index (χ1n) is 10.2. The fourth-order valence-corrected chi connectivity index (χ4v) is 4.20.